The predicted molar refractivity (Wildman–Crippen MR) is 85.1 cm³/mol. The number of anilines is 1. The molecule has 0 saturated heterocycles. The summed E-state index contributed by atoms with van der Waals surface area (Å²) in [6.45, 7) is 0. The Kier molecular flexibility index (Phi) is 4.73. The van der Waals surface area contributed by atoms with E-state index in [1.807, 2.05) is 0 Å². The summed E-state index contributed by atoms with van der Waals surface area (Å²) in [6, 6.07) is 5.42. The van der Waals surface area contributed by atoms with Crippen molar-refractivity contribution in [1.82, 2.24) is 4.98 Å². The third-order valence-electron chi connectivity index (χ3n) is 2.43. The van der Waals surface area contributed by atoms with E-state index in [1.165, 1.54) is 30.5 Å². The normalized spacial score (nSPS) is 11.9. The lowest BCUT2D eigenvalue weighted by Gasteiger charge is -2.04. The quantitative estimate of drug-likeness (QED) is 0.777. The highest BCUT2D eigenvalue weighted by atomic mass is 32.2. The van der Waals surface area contributed by atoms with Crippen LogP contribution in [0.15, 0.2) is 34.7 Å². The van der Waals surface area contributed by atoms with Crippen molar-refractivity contribution >= 4 is 42.3 Å². The molecule has 2 rings (SSSR count). The largest absolute Gasteiger partial charge is 0.383 e. The van der Waals surface area contributed by atoms with Crippen LogP contribution in [0.1, 0.15) is 10.4 Å². The summed E-state index contributed by atoms with van der Waals surface area (Å²) in [5.41, 5.74) is 0.238. The lowest BCUT2D eigenvalue weighted by atomic mass is 10.2. The molecule has 1 N–H and O–H groups in total. The lowest BCUT2D eigenvalue weighted by Crippen LogP contribution is -2.11. The maximum Gasteiger partial charge on any atom is 0.306 e. The van der Waals surface area contributed by atoms with Gasteiger partial charge >= 0.3 is 10.1 Å². The van der Waals surface area contributed by atoms with E-state index in [1.54, 1.807) is 0 Å². The number of hydrogen-bond donors (Lipinski definition) is 1. The van der Waals surface area contributed by atoms with Crippen LogP contribution in [0, 0.1) is 0 Å². The molecule has 0 aliphatic heterocycles. The summed E-state index contributed by atoms with van der Waals surface area (Å²) >= 11 is 0.839. The monoisotopic (exact) mass is 376 g/mol. The molecule has 0 bridgehead atoms. The highest BCUT2D eigenvalue weighted by molar-refractivity contribution is 7.92. The number of thiazole rings is 1. The first-order chi connectivity index (χ1) is 10.5. The molecule has 0 atom stereocenters. The highest BCUT2D eigenvalue weighted by Gasteiger charge is 2.14. The molecule has 8 nitrogen and oxygen atoms in total. The van der Waals surface area contributed by atoms with E-state index in [4.69, 9.17) is 0 Å². The molecule has 0 radical (unpaired) electrons. The first-order valence-electron chi connectivity index (χ1n) is 6.01. The van der Waals surface area contributed by atoms with Crippen LogP contribution >= 0.6 is 11.3 Å². The van der Waals surface area contributed by atoms with Crippen molar-refractivity contribution in [2.45, 2.75) is 4.21 Å². The van der Waals surface area contributed by atoms with Crippen molar-refractivity contribution in [2.24, 2.45) is 0 Å². The number of benzene rings is 1. The topological polar surface area (TPSA) is 120 Å². The van der Waals surface area contributed by atoms with E-state index in [0.29, 0.717) is 0 Å². The number of sulfone groups is 1. The fourth-order valence-corrected chi connectivity index (χ4v) is 3.59. The van der Waals surface area contributed by atoms with Gasteiger partial charge in [0.2, 0.25) is 0 Å². The molecule has 2 aromatic rings. The minimum Gasteiger partial charge on any atom is -0.383 e. The van der Waals surface area contributed by atoms with Gasteiger partial charge in [-0.2, -0.15) is 8.42 Å². The molecule has 124 valence electrons. The molecule has 0 spiro atoms. The van der Waals surface area contributed by atoms with E-state index >= 15 is 0 Å². The van der Waals surface area contributed by atoms with Crippen LogP contribution in [0.4, 0.5) is 5.13 Å². The van der Waals surface area contributed by atoms with Gasteiger partial charge in [0.1, 0.15) is 9.96 Å². The van der Waals surface area contributed by atoms with Gasteiger partial charge in [-0.1, -0.05) is 11.3 Å². The van der Waals surface area contributed by atoms with Gasteiger partial charge < -0.3 is 4.18 Å². The molecule has 1 aromatic carbocycles. The molecule has 0 aliphatic rings. The number of nitrogens with one attached hydrogen (secondary N) is 1. The zero-order chi connectivity index (χ0) is 17.3. The standard InChI is InChI=1S/C12H12N2O6S3/c1-22(16,17)10-7-13-12(21-10)14-11(15)8-3-5-9(6-4-8)20-23(2,18)19/h3-7H,1-2H3,(H,13,14,15). The summed E-state index contributed by atoms with van der Waals surface area (Å²) in [5.74, 6) is -0.428. The highest BCUT2D eigenvalue weighted by Crippen LogP contribution is 2.23. The molecular weight excluding hydrogens is 364 g/mol. The Labute approximate surface area is 137 Å². The van der Waals surface area contributed by atoms with Gasteiger partial charge in [0, 0.05) is 11.8 Å². The molecule has 1 aromatic heterocycles. The number of carbonyl (C=O) groups excluding carboxylic acids is 1. The van der Waals surface area contributed by atoms with Crippen molar-refractivity contribution in [2.75, 3.05) is 17.8 Å². The second-order valence-corrected chi connectivity index (χ2v) is 9.37. The van der Waals surface area contributed by atoms with Crippen LogP contribution < -0.4 is 9.50 Å². The smallest absolute Gasteiger partial charge is 0.306 e. The van der Waals surface area contributed by atoms with Gasteiger partial charge in [-0.15, -0.1) is 0 Å². The number of amides is 1. The van der Waals surface area contributed by atoms with Gasteiger partial charge in [0.15, 0.2) is 15.0 Å². The molecule has 0 unspecified atom stereocenters. The summed E-state index contributed by atoms with van der Waals surface area (Å²) in [4.78, 5) is 15.8. The zero-order valence-corrected chi connectivity index (χ0v) is 14.5. The first-order valence-corrected chi connectivity index (χ1v) is 10.5. The third kappa shape index (κ3) is 5.01. The second kappa shape index (κ2) is 6.26. The van der Waals surface area contributed by atoms with Crippen molar-refractivity contribution < 1.29 is 25.8 Å². The molecule has 1 amide bonds. The maximum atomic E-state index is 12.0. The number of nitrogens with zero attached hydrogens (tertiary/aromatic N) is 1. The number of carbonyl (C=O) groups is 1. The summed E-state index contributed by atoms with van der Waals surface area (Å²) in [5, 5.41) is 2.61. The molecule has 23 heavy (non-hydrogen) atoms. The average molecular weight is 376 g/mol. The molecule has 0 saturated carbocycles. The number of hydrogen-bond acceptors (Lipinski definition) is 8. The van der Waals surface area contributed by atoms with Crippen molar-refractivity contribution in [1.29, 1.82) is 0 Å². The van der Waals surface area contributed by atoms with Crippen LogP contribution in [0.3, 0.4) is 0 Å². The van der Waals surface area contributed by atoms with Gasteiger partial charge in [0.25, 0.3) is 5.91 Å². The summed E-state index contributed by atoms with van der Waals surface area (Å²) in [6.07, 6.45) is 3.13. The predicted octanol–water partition coefficient (Wildman–Crippen LogP) is 1.14. The van der Waals surface area contributed by atoms with E-state index in [-0.39, 0.29) is 20.7 Å². The zero-order valence-electron chi connectivity index (χ0n) is 12.0. The van der Waals surface area contributed by atoms with Crippen molar-refractivity contribution in [3.63, 3.8) is 0 Å². The van der Waals surface area contributed by atoms with Crippen LogP contribution in [0.2, 0.25) is 0 Å². The Bertz CT molecular complexity index is 929. The van der Waals surface area contributed by atoms with Crippen LogP contribution in [-0.2, 0) is 20.0 Å². The average Bonchev–Trinajstić information content (AvgIpc) is 2.86. The van der Waals surface area contributed by atoms with E-state index in [2.05, 4.69) is 14.5 Å². The van der Waals surface area contributed by atoms with Crippen molar-refractivity contribution in [3.05, 3.63) is 36.0 Å². The SMILES string of the molecule is CS(=O)(=O)Oc1ccc(C(=O)Nc2ncc(S(C)(=O)=O)s2)cc1. The molecule has 11 heteroatoms. The Balaban J connectivity index is 2.10. The molecule has 0 fully saturated rings. The summed E-state index contributed by atoms with van der Waals surface area (Å²) in [7, 11) is -7.01. The van der Waals surface area contributed by atoms with Gasteiger partial charge in [0.05, 0.1) is 12.5 Å². The number of rotatable bonds is 5. The molecular formula is C12H12N2O6S3. The summed E-state index contributed by atoms with van der Waals surface area (Å²) < 4.78 is 49.4. The minimum absolute atomic E-state index is 0.0460. The van der Waals surface area contributed by atoms with E-state index in [0.717, 1.165) is 23.8 Å². The maximum absolute atomic E-state index is 12.0. The van der Waals surface area contributed by atoms with Crippen LogP contribution in [0.25, 0.3) is 0 Å². The Morgan fingerprint density at radius 2 is 1.74 bits per heavy atom. The first kappa shape index (κ1) is 17.4. The Morgan fingerprint density at radius 1 is 1.13 bits per heavy atom. The molecule has 0 aliphatic carbocycles. The third-order valence-corrected chi connectivity index (χ3v) is 5.63. The van der Waals surface area contributed by atoms with Crippen LogP contribution in [0.5, 0.6) is 5.75 Å². The van der Waals surface area contributed by atoms with Crippen molar-refractivity contribution in [3.8, 4) is 5.75 Å². The van der Waals surface area contributed by atoms with Gasteiger partial charge in [-0.3, -0.25) is 10.1 Å². The Hall–Kier alpha value is -1.98. The lowest BCUT2D eigenvalue weighted by molar-refractivity contribution is 0.102. The molecule has 1 heterocycles. The second-order valence-electron chi connectivity index (χ2n) is 4.52. The Morgan fingerprint density at radius 3 is 2.22 bits per heavy atom. The fourth-order valence-electron chi connectivity index (χ4n) is 1.49. The fraction of sp³-hybridized carbons (Fsp3) is 0.167. The minimum atomic E-state index is -3.64. The van der Waals surface area contributed by atoms with Gasteiger partial charge in [-0.05, 0) is 24.3 Å². The van der Waals surface area contributed by atoms with Gasteiger partial charge in [-0.25, -0.2) is 13.4 Å². The van der Waals surface area contributed by atoms with E-state index in [9.17, 15) is 21.6 Å². The van der Waals surface area contributed by atoms with E-state index < -0.39 is 25.9 Å². The number of aromatic nitrogens is 1. The van der Waals surface area contributed by atoms with Crippen LogP contribution in [-0.4, -0.2) is 40.2 Å².